The van der Waals surface area contributed by atoms with E-state index < -0.39 is 0 Å². The Bertz CT molecular complexity index is 1160. The van der Waals surface area contributed by atoms with Crippen molar-refractivity contribution in [3.05, 3.63) is 70.9 Å². The summed E-state index contributed by atoms with van der Waals surface area (Å²) in [4.78, 5) is 27.4. The molecule has 170 valence electrons. The van der Waals surface area contributed by atoms with Crippen molar-refractivity contribution in [2.75, 3.05) is 41.3 Å². The van der Waals surface area contributed by atoms with Gasteiger partial charge in [-0.05, 0) is 48.2 Å². The number of fused-ring (bicyclic) bond motifs is 1. The lowest BCUT2D eigenvalue weighted by Crippen LogP contribution is -2.47. The minimum Gasteiger partial charge on any atom is -0.368 e. The van der Waals surface area contributed by atoms with Crippen LogP contribution in [0.1, 0.15) is 36.3 Å². The molecule has 3 aromatic rings. The van der Waals surface area contributed by atoms with E-state index in [-0.39, 0.29) is 11.2 Å². The van der Waals surface area contributed by atoms with Crippen molar-refractivity contribution in [3.63, 3.8) is 0 Å². The van der Waals surface area contributed by atoms with E-state index in [0.717, 1.165) is 49.0 Å². The predicted molar refractivity (Wildman–Crippen MR) is 134 cm³/mol. The first-order chi connectivity index (χ1) is 15.9. The van der Waals surface area contributed by atoms with Crippen LogP contribution in [-0.4, -0.2) is 41.9 Å². The van der Waals surface area contributed by atoms with Crippen molar-refractivity contribution in [3.8, 4) is 0 Å². The molecule has 1 N–H and O–H groups in total. The topological polar surface area (TPSA) is 61.4 Å². The third-order valence-electron chi connectivity index (χ3n) is 6.33. The molecular weight excluding hydrogens is 434 g/mol. The molecule has 6 nitrogen and oxygen atoms in total. The number of Topliss-reactive ketones (excluding diaryl/α,β-unsaturated/α-hetero) is 1. The van der Waals surface area contributed by atoms with E-state index in [1.807, 2.05) is 42.5 Å². The van der Waals surface area contributed by atoms with Crippen LogP contribution in [0.2, 0.25) is 5.02 Å². The molecule has 0 atom stereocenters. The summed E-state index contributed by atoms with van der Waals surface area (Å²) < 4.78 is 0. The number of anilines is 4. The predicted octanol–water partition coefficient (Wildman–Crippen LogP) is 5.36. The molecule has 7 heteroatoms. The number of hydrogen-bond acceptors (Lipinski definition) is 6. The Hall–Kier alpha value is -3.12. The first-order valence-corrected chi connectivity index (χ1v) is 11.8. The molecule has 1 saturated heterocycles. The second-order valence-corrected chi connectivity index (χ2v) is 10.0. The smallest absolute Gasteiger partial charge is 0.227 e. The maximum Gasteiger partial charge on any atom is 0.227 e. The van der Waals surface area contributed by atoms with Gasteiger partial charge in [0, 0.05) is 49.0 Å². The SMILES string of the molecule is CC1(C)CC(=O)c2c(nc(N3CCN(c4ccc(Cl)cc4)CC3)nc2Nc2ccccc2)C1. The average Bonchev–Trinajstić information content (AvgIpc) is 2.79. The lowest BCUT2D eigenvalue weighted by atomic mass is 9.75. The number of carbonyl (C=O) groups is 1. The number of benzene rings is 2. The molecule has 1 aliphatic heterocycles. The summed E-state index contributed by atoms with van der Waals surface area (Å²) in [5, 5.41) is 4.13. The van der Waals surface area contributed by atoms with Gasteiger partial charge in [0.05, 0.1) is 11.3 Å². The minimum absolute atomic E-state index is 0.104. The zero-order chi connectivity index (χ0) is 23.0. The third kappa shape index (κ3) is 4.67. The lowest BCUT2D eigenvalue weighted by molar-refractivity contribution is 0.0911. The summed E-state index contributed by atoms with van der Waals surface area (Å²) in [6.45, 7) is 7.62. The molecule has 0 spiro atoms. The summed E-state index contributed by atoms with van der Waals surface area (Å²) in [5.41, 5.74) is 3.47. The first kappa shape index (κ1) is 21.7. The highest BCUT2D eigenvalue weighted by molar-refractivity contribution is 6.30. The number of hydrogen-bond donors (Lipinski definition) is 1. The molecule has 1 fully saturated rings. The van der Waals surface area contributed by atoms with Crippen LogP contribution >= 0.6 is 11.6 Å². The van der Waals surface area contributed by atoms with E-state index in [1.54, 1.807) is 0 Å². The van der Waals surface area contributed by atoms with Gasteiger partial charge < -0.3 is 15.1 Å². The van der Waals surface area contributed by atoms with E-state index in [1.165, 1.54) is 5.69 Å². The van der Waals surface area contributed by atoms with Gasteiger partial charge in [0.15, 0.2) is 5.78 Å². The molecule has 1 aromatic heterocycles. The van der Waals surface area contributed by atoms with Crippen molar-refractivity contribution in [2.24, 2.45) is 5.41 Å². The van der Waals surface area contributed by atoms with Gasteiger partial charge in [0.2, 0.25) is 5.95 Å². The first-order valence-electron chi connectivity index (χ1n) is 11.4. The molecule has 0 amide bonds. The largest absolute Gasteiger partial charge is 0.368 e. The Labute approximate surface area is 199 Å². The van der Waals surface area contributed by atoms with Gasteiger partial charge in [-0.2, -0.15) is 4.98 Å². The molecule has 1 aliphatic carbocycles. The number of nitrogens with zero attached hydrogens (tertiary/aromatic N) is 4. The third-order valence-corrected chi connectivity index (χ3v) is 6.58. The number of rotatable bonds is 4. The van der Waals surface area contributed by atoms with Crippen LogP contribution in [0, 0.1) is 5.41 Å². The molecule has 5 rings (SSSR count). The maximum absolute atomic E-state index is 13.1. The fourth-order valence-corrected chi connectivity index (χ4v) is 4.79. The molecule has 0 radical (unpaired) electrons. The van der Waals surface area contributed by atoms with Gasteiger partial charge in [0.25, 0.3) is 0 Å². The van der Waals surface area contributed by atoms with Crippen LogP contribution in [0.5, 0.6) is 0 Å². The van der Waals surface area contributed by atoms with Gasteiger partial charge in [0.1, 0.15) is 5.82 Å². The standard InChI is InChI=1S/C26H28ClN5O/c1-26(2)16-21-23(22(33)17-26)24(28-19-6-4-3-5-7-19)30-25(29-21)32-14-12-31(13-15-32)20-10-8-18(27)9-11-20/h3-11H,12-17H2,1-2H3,(H,28,29,30). The number of carbonyl (C=O) groups excluding carboxylic acids is 1. The van der Waals surface area contributed by atoms with Crippen LogP contribution in [0.25, 0.3) is 0 Å². The summed E-state index contributed by atoms with van der Waals surface area (Å²) in [5.74, 6) is 1.41. The Kier molecular flexibility index (Phi) is 5.71. The van der Waals surface area contributed by atoms with Gasteiger partial charge >= 0.3 is 0 Å². The number of piperazine rings is 1. The monoisotopic (exact) mass is 461 g/mol. The number of para-hydroxylation sites is 1. The normalized spacial score (nSPS) is 17.6. The molecule has 2 heterocycles. The van der Waals surface area contributed by atoms with Gasteiger partial charge in [-0.15, -0.1) is 0 Å². The Balaban J connectivity index is 1.43. The number of nitrogens with one attached hydrogen (secondary N) is 1. The average molecular weight is 462 g/mol. The van der Waals surface area contributed by atoms with Crippen LogP contribution in [0.15, 0.2) is 54.6 Å². The highest BCUT2D eigenvalue weighted by Crippen LogP contribution is 2.38. The summed E-state index contributed by atoms with van der Waals surface area (Å²) >= 11 is 6.04. The summed E-state index contributed by atoms with van der Waals surface area (Å²) in [6.07, 6.45) is 1.27. The Morgan fingerprint density at radius 2 is 1.55 bits per heavy atom. The van der Waals surface area contributed by atoms with E-state index in [2.05, 4.69) is 41.1 Å². The second-order valence-electron chi connectivity index (χ2n) is 9.58. The van der Waals surface area contributed by atoms with E-state index in [9.17, 15) is 4.79 Å². The molecule has 0 saturated carbocycles. The van der Waals surface area contributed by atoms with Crippen molar-refractivity contribution in [1.29, 1.82) is 0 Å². The van der Waals surface area contributed by atoms with Crippen LogP contribution in [-0.2, 0) is 6.42 Å². The van der Waals surface area contributed by atoms with E-state index >= 15 is 0 Å². The number of halogens is 1. The van der Waals surface area contributed by atoms with Crippen molar-refractivity contribution >= 4 is 40.5 Å². The molecular formula is C26H28ClN5O. The van der Waals surface area contributed by atoms with E-state index in [4.69, 9.17) is 21.6 Å². The fraction of sp³-hybridized carbons (Fsp3) is 0.346. The Morgan fingerprint density at radius 3 is 2.24 bits per heavy atom. The van der Waals surface area contributed by atoms with Crippen LogP contribution in [0.4, 0.5) is 23.1 Å². The molecule has 2 aliphatic rings. The maximum atomic E-state index is 13.1. The number of aromatic nitrogens is 2. The van der Waals surface area contributed by atoms with Gasteiger partial charge in [-0.25, -0.2) is 4.98 Å². The summed E-state index contributed by atoms with van der Waals surface area (Å²) in [6, 6.07) is 17.8. The van der Waals surface area contributed by atoms with Crippen LogP contribution < -0.4 is 15.1 Å². The van der Waals surface area contributed by atoms with Crippen molar-refractivity contribution in [1.82, 2.24) is 9.97 Å². The molecule has 33 heavy (non-hydrogen) atoms. The van der Waals surface area contributed by atoms with Crippen LogP contribution in [0.3, 0.4) is 0 Å². The lowest BCUT2D eigenvalue weighted by Gasteiger charge is -2.37. The highest BCUT2D eigenvalue weighted by atomic mass is 35.5. The zero-order valence-corrected chi connectivity index (χ0v) is 19.8. The molecule has 2 aromatic carbocycles. The quantitative estimate of drug-likeness (QED) is 0.564. The minimum atomic E-state index is -0.104. The van der Waals surface area contributed by atoms with Gasteiger partial charge in [-0.3, -0.25) is 4.79 Å². The summed E-state index contributed by atoms with van der Waals surface area (Å²) in [7, 11) is 0. The van der Waals surface area contributed by atoms with Gasteiger partial charge in [-0.1, -0.05) is 43.6 Å². The fourth-order valence-electron chi connectivity index (χ4n) is 4.66. The zero-order valence-electron chi connectivity index (χ0n) is 19.0. The van der Waals surface area contributed by atoms with E-state index in [0.29, 0.717) is 23.8 Å². The molecule has 0 bridgehead atoms. The number of ketones is 1. The molecule has 0 unspecified atom stereocenters. The second kappa shape index (κ2) is 8.67. The Morgan fingerprint density at radius 1 is 0.879 bits per heavy atom. The highest BCUT2D eigenvalue weighted by Gasteiger charge is 2.35. The van der Waals surface area contributed by atoms with Crippen molar-refractivity contribution in [2.45, 2.75) is 26.7 Å². The van der Waals surface area contributed by atoms with Crippen molar-refractivity contribution < 1.29 is 4.79 Å².